The zero-order chi connectivity index (χ0) is 15.0. The highest BCUT2D eigenvalue weighted by atomic mass is 19.1. The fraction of sp³-hybridized carbons (Fsp3) is 0.467. The molecule has 5 nitrogen and oxygen atoms in total. The largest absolute Gasteiger partial charge is 0.478 e. The van der Waals surface area contributed by atoms with Gasteiger partial charge in [0.25, 0.3) is 5.91 Å². The van der Waals surface area contributed by atoms with Crippen molar-refractivity contribution in [2.75, 3.05) is 19.8 Å². The van der Waals surface area contributed by atoms with Crippen molar-refractivity contribution in [1.29, 1.82) is 0 Å². The van der Waals surface area contributed by atoms with E-state index in [1.54, 1.807) is 4.90 Å². The van der Waals surface area contributed by atoms with Crippen LogP contribution in [0.2, 0.25) is 0 Å². The number of carbonyl (C=O) groups is 2. The molecular weight excluding hydrogens is 277 g/mol. The number of amides is 1. The number of ether oxygens (including phenoxy) is 1. The van der Waals surface area contributed by atoms with Crippen LogP contribution in [-0.4, -0.2) is 47.7 Å². The Morgan fingerprint density at radius 2 is 2.10 bits per heavy atom. The molecule has 1 saturated heterocycles. The van der Waals surface area contributed by atoms with Gasteiger partial charge in [0.15, 0.2) is 0 Å². The SMILES string of the molecule is O=C(O)c1ccc(C(=O)N2CCOCC2C2CC2)c(F)c1. The van der Waals surface area contributed by atoms with E-state index in [2.05, 4.69) is 0 Å². The van der Waals surface area contributed by atoms with Gasteiger partial charge in [0.2, 0.25) is 0 Å². The highest BCUT2D eigenvalue weighted by Crippen LogP contribution is 2.37. The lowest BCUT2D eigenvalue weighted by Gasteiger charge is -2.36. The minimum Gasteiger partial charge on any atom is -0.478 e. The second-order valence-electron chi connectivity index (χ2n) is 5.48. The fourth-order valence-electron chi connectivity index (χ4n) is 2.72. The number of benzene rings is 1. The second kappa shape index (κ2) is 5.44. The summed E-state index contributed by atoms with van der Waals surface area (Å²) in [5.74, 6) is -1.95. The molecule has 0 aromatic heterocycles. The Hall–Kier alpha value is -1.95. The van der Waals surface area contributed by atoms with Crippen LogP contribution >= 0.6 is 0 Å². The summed E-state index contributed by atoms with van der Waals surface area (Å²) in [6.07, 6.45) is 2.14. The normalized spacial score (nSPS) is 22.1. The molecule has 1 saturated carbocycles. The minimum absolute atomic E-state index is 0.00444. The molecule has 1 unspecified atom stereocenters. The number of nitrogens with zero attached hydrogens (tertiary/aromatic N) is 1. The van der Waals surface area contributed by atoms with Gasteiger partial charge in [-0.3, -0.25) is 4.79 Å². The maximum absolute atomic E-state index is 14.0. The van der Waals surface area contributed by atoms with Crippen LogP contribution in [0.1, 0.15) is 33.6 Å². The van der Waals surface area contributed by atoms with Crippen molar-refractivity contribution in [3.05, 3.63) is 35.1 Å². The van der Waals surface area contributed by atoms with E-state index in [0.717, 1.165) is 18.9 Å². The van der Waals surface area contributed by atoms with Gasteiger partial charge in [0.1, 0.15) is 5.82 Å². The highest BCUT2D eigenvalue weighted by Gasteiger charge is 2.39. The molecule has 1 aromatic carbocycles. The van der Waals surface area contributed by atoms with Crippen molar-refractivity contribution >= 4 is 11.9 Å². The average Bonchev–Trinajstić information content (AvgIpc) is 3.31. The van der Waals surface area contributed by atoms with Crippen molar-refractivity contribution in [2.45, 2.75) is 18.9 Å². The molecule has 3 rings (SSSR count). The van der Waals surface area contributed by atoms with Gasteiger partial charge in [-0.05, 0) is 37.0 Å². The van der Waals surface area contributed by atoms with Gasteiger partial charge in [-0.25, -0.2) is 9.18 Å². The van der Waals surface area contributed by atoms with Crippen LogP contribution in [-0.2, 0) is 4.74 Å². The maximum Gasteiger partial charge on any atom is 0.335 e. The summed E-state index contributed by atoms with van der Waals surface area (Å²) in [7, 11) is 0. The first-order valence-corrected chi connectivity index (χ1v) is 6.99. The number of carboxylic acids is 1. The van der Waals surface area contributed by atoms with Crippen molar-refractivity contribution in [2.24, 2.45) is 5.92 Å². The maximum atomic E-state index is 14.0. The van der Waals surface area contributed by atoms with Gasteiger partial charge in [-0.2, -0.15) is 0 Å². The summed E-state index contributed by atoms with van der Waals surface area (Å²) in [5, 5.41) is 8.83. The molecule has 1 atom stereocenters. The molecule has 112 valence electrons. The Bertz CT molecular complexity index is 585. The molecule has 1 N–H and O–H groups in total. The molecular formula is C15H16FNO4. The molecule has 0 bridgehead atoms. The van der Waals surface area contributed by atoms with Crippen LogP contribution in [0.3, 0.4) is 0 Å². The molecule has 2 aliphatic rings. The number of morpholine rings is 1. The summed E-state index contributed by atoms with van der Waals surface area (Å²) in [5.41, 5.74) is -0.239. The summed E-state index contributed by atoms with van der Waals surface area (Å²) < 4.78 is 19.4. The van der Waals surface area contributed by atoms with E-state index in [0.29, 0.717) is 25.7 Å². The summed E-state index contributed by atoms with van der Waals surface area (Å²) >= 11 is 0. The minimum atomic E-state index is -1.21. The van der Waals surface area contributed by atoms with Crippen LogP contribution in [0.5, 0.6) is 0 Å². The van der Waals surface area contributed by atoms with Crippen LogP contribution in [0.25, 0.3) is 0 Å². The summed E-state index contributed by atoms with van der Waals surface area (Å²) in [6, 6.07) is 3.40. The van der Waals surface area contributed by atoms with E-state index < -0.39 is 11.8 Å². The number of halogens is 1. The van der Waals surface area contributed by atoms with E-state index >= 15 is 0 Å². The third kappa shape index (κ3) is 2.76. The Morgan fingerprint density at radius 3 is 2.71 bits per heavy atom. The number of hydrogen-bond donors (Lipinski definition) is 1. The molecule has 1 heterocycles. The molecule has 1 aliphatic carbocycles. The third-order valence-electron chi connectivity index (χ3n) is 4.04. The predicted molar refractivity (Wildman–Crippen MR) is 71.7 cm³/mol. The number of hydrogen-bond acceptors (Lipinski definition) is 3. The quantitative estimate of drug-likeness (QED) is 0.922. The summed E-state index contributed by atoms with van der Waals surface area (Å²) in [6.45, 7) is 1.38. The Balaban J connectivity index is 1.85. The molecule has 21 heavy (non-hydrogen) atoms. The van der Waals surface area contributed by atoms with E-state index in [9.17, 15) is 14.0 Å². The van der Waals surface area contributed by atoms with Gasteiger partial charge >= 0.3 is 5.97 Å². The number of aromatic carboxylic acids is 1. The standard InChI is InChI=1S/C15H16FNO4/c16-12-7-10(15(19)20)3-4-11(12)14(18)17-5-6-21-8-13(17)9-1-2-9/h3-4,7,9,13H,1-2,5-6,8H2,(H,19,20). The van der Waals surface area contributed by atoms with E-state index in [1.165, 1.54) is 12.1 Å². The van der Waals surface area contributed by atoms with E-state index in [1.807, 2.05) is 0 Å². The first-order chi connectivity index (χ1) is 10.1. The molecule has 1 aliphatic heterocycles. The molecule has 6 heteroatoms. The number of carboxylic acid groups (broad SMARTS) is 1. The van der Waals surface area contributed by atoms with Gasteiger partial charge in [-0.1, -0.05) is 0 Å². The average molecular weight is 293 g/mol. The lowest BCUT2D eigenvalue weighted by Crippen LogP contribution is -2.50. The van der Waals surface area contributed by atoms with Crippen molar-refractivity contribution in [3.63, 3.8) is 0 Å². The summed E-state index contributed by atoms with van der Waals surface area (Å²) in [4.78, 5) is 25.0. The van der Waals surface area contributed by atoms with Gasteiger partial charge in [-0.15, -0.1) is 0 Å². The topological polar surface area (TPSA) is 66.8 Å². The zero-order valence-electron chi connectivity index (χ0n) is 11.4. The monoisotopic (exact) mass is 293 g/mol. The molecule has 0 spiro atoms. The zero-order valence-corrected chi connectivity index (χ0v) is 11.4. The van der Waals surface area contributed by atoms with Gasteiger partial charge < -0.3 is 14.7 Å². The molecule has 2 fully saturated rings. The van der Waals surface area contributed by atoms with E-state index in [-0.39, 0.29) is 23.1 Å². The first-order valence-electron chi connectivity index (χ1n) is 6.99. The smallest absolute Gasteiger partial charge is 0.335 e. The Morgan fingerprint density at radius 1 is 1.33 bits per heavy atom. The van der Waals surface area contributed by atoms with Crippen molar-refractivity contribution < 1.29 is 23.8 Å². The lowest BCUT2D eigenvalue weighted by molar-refractivity contribution is -0.00857. The molecule has 1 aromatic rings. The van der Waals surface area contributed by atoms with Crippen LogP contribution in [0.15, 0.2) is 18.2 Å². The van der Waals surface area contributed by atoms with Crippen LogP contribution < -0.4 is 0 Å². The third-order valence-corrected chi connectivity index (χ3v) is 4.04. The molecule has 1 amide bonds. The van der Waals surface area contributed by atoms with E-state index in [4.69, 9.17) is 9.84 Å². The Kier molecular flexibility index (Phi) is 3.63. The number of rotatable bonds is 3. The second-order valence-corrected chi connectivity index (χ2v) is 5.48. The number of carbonyl (C=O) groups excluding carboxylic acids is 1. The van der Waals surface area contributed by atoms with Crippen molar-refractivity contribution in [3.8, 4) is 0 Å². The molecule has 0 radical (unpaired) electrons. The fourth-order valence-corrected chi connectivity index (χ4v) is 2.72. The highest BCUT2D eigenvalue weighted by molar-refractivity contribution is 5.96. The Labute approximate surface area is 121 Å². The predicted octanol–water partition coefficient (Wildman–Crippen LogP) is 1.77. The van der Waals surface area contributed by atoms with Gasteiger partial charge in [0.05, 0.1) is 30.4 Å². The van der Waals surface area contributed by atoms with Crippen molar-refractivity contribution in [1.82, 2.24) is 4.90 Å². The lowest BCUT2D eigenvalue weighted by atomic mass is 10.1. The van der Waals surface area contributed by atoms with Gasteiger partial charge in [0, 0.05) is 6.54 Å². The van der Waals surface area contributed by atoms with Crippen LogP contribution in [0, 0.1) is 11.7 Å². The van der Waals surface area contributed by atoms with Crippen LogP contribution in [0.4, 0.5) is 4.39 Å². The first kappa shape index (κ1) is 14.0.